The third-order valence-electron chi connectivity index (χ3n) is 6.58. The number of hydrogen-bond donors (Lipinski definition) is 1. The average Bonchev–Trinajstić information content (AvgIpc) is 2.99. The second kappa shape index (κ2) is 9.82. The number of ether oxygens (including phenoxy) is 1. The lowest BCUT2D eigenvalue weighted by Gasteiger charge is -2.36. The molecule has 0 aliphatic heterocycles. The maximum atomic E-state index is 13.7. The van der Waals surface area contributed by atoms with Crippen LogP contribution in [0.4, 0.5) is 0 Å². The number of imidazole rings is 1. The predicted molar refractivity (Wildman–Crippen MR) is 121 cm³/mol. The van der Waals surface area contributed by atoms with Gasteiger partial charge in [0.25, 0.3) is 0 Å². The molecule has 1 aliphatic carbocycles. The molecule has 0 amide bonds. The minimum absolute atomic E-state index is 0.0642. The zero-order chi connectivity index (χ0) is 21.8. The number of aromatic nitrogens is 2. The number of nitrogens with two attached hydrogens (primary N) is 1. The molecule has 0 unspecified atom stereocenters. The van der Waals surface area contributed by atoms with Crippen LogP contribution in [0.25, 0.3) is 11.0 Å². The Kier molecular flexibility index (Phi) is 7.40. The Morgan fingerprint density at radius 3 is 2.70 bits per heavy atom. The highest BCUT2D eigenvalue weighted by atomic mass is 16.5. The minimum atomic E-state index is -0.285. The van der Waals surface area contributed by atoms with Gasteiger partial charge in [-0.2, -0.15) is 0 Å². The molecule has 6 nitrogen and oxygen atoms in total. The lowest BCUT2D eigenvalue weighted by atomic mass is 9.69. The van der Waals surface area contributed by atoms with Gasteiger partial charge >= 0.3 is 5.69 Å². The van der Waals surface area contributed by atoms with Crippen LogP contribution in [0, 0.1) is 23.7 Å². The molecule has 1 aromatic heterocycles. The summed E-state index contributed by atoms with van der Waals surface area (Å²) in [6, 6.07) is 5.58. The fourth-order valence-electron chi connectivity index (χ4n) is 4.87. The van der Waals surface area contributed by atoms with Gasteiger partial charge in [-0.05, 0) is 49.1 Å². The van der Waals surface area contributed by atoms with Gasteiger partial charge in [0.2, 0.25) is 5.91 Å². The van der Waals surface area contributed by atoms with Crippen molar-refractivity contribution in [2.24, 2.45) is 29.4 Å². The lowest BCUT2D eigenvalue weighted by Crippen LogP contribution is -2.40. The van der Waals surface area contributed by atoms with Crippen molar-refractivity contribution < 1.29 is 9.53 Å². The van der Waals surface area contributed by atoms with E-state index >= 15 is 0 Å². The van der Waals surface area contributed by atoms with Crippen LogP contribution in [0.5, 0.6) is 5.75 Å². The van der Waals surface area contributed by atoms with Gasteiger partial charge in [-0.15, -0.1) is 0 Å². The molecule has 2 N–H and O–H groups in total. The van der Waals surface area contributed by atoms with E-state index in [1.807, 2.05) is 18.2 Å². The van der Waals surface area contributed by atoms with Crippen LogP contribution in [-0.4, -0.2) is 28.2 Å². The molecule has 3 rings (SSSR count). The molecule has 2 aromatic rings. The molecule has 1 saturated carbocycles. The Morgan fingerprint density at radius 1 is 1.27 bits per heavy atom. The van der Waals surface area contributed by atoms with Crippen molar-refractivity contribution in [3.63, 3.8) is 0 Å². The summed E-state index contributed by atoms with van der Waals surface area (Å²) in [4.78, 5) is 27.0. The zero-order valence-corrected chi connectivity index (χ0v) is 18.9. The molecule has 166 valence electrons. The Morgan fingerprint density at radius 2 is 2.03 bits per heavy atom. The quantitative estimate of drug-likeness (QED) is 0.652. The van der Waals surface area contributed by atoms with Gasteiger partial charge in [0.15, 0.2) is 0 Å². The first-order valence-corrected chi connectivity index (χ1v) is 11.5. The molecule has 3 atom stereocenters. The molecule has 1 aromatic carbocycles. The Bertz CT molecular complexity index is 928. The maximum absolute atomic E-state index is 13.7. The van der Waals surface area contributed by atoms with Gasteiger partial charge in [-0.1, -0.05) is 40.5 Å². The number of rotatable bonds is 8. The summed E-state index contributed by atoms with van der Waals surface area (Å²) in [6.45, 7) is 10.0. The van der Waals surface area contributed by atoms with Crippen LogP contribution < -0.4 is 16.2 Å². The summed E-state index contributed by atoms with van der Waals surface area (Å²) < 4.78 is 8.86. The van der Waals surface area contributed by atoms with E-state index in [4.69, 9.17) is 10.5 Å². The van der Waals surface area contributed by atoms with Crippen molar-refractivity contribution >= 4 is 16.9 Å². The normalized spacial score (nSPS) is 22.0. The van der Waals surface area contributed by atoms with Crippen molar-refractivity contribution in [2.45, 2.75) is 66.3 Å². The standard InChI is InChI=1S/C24H37N3O3/c1-5-6-13-30-18-8-10-21-22(15-18)26(12-11-25)24(29)27(21)23(28)20-14-17(4)7-9-19(20)16(2)3/h8,10,15-17,19-20H,5-7,9,11-14,25H2,1-4H3/t17-,19+,20-/m1/s1. The highest BCUT2D eigenvalue weighted by Crippen LogP contribution is 2.39. The highest BCUT2D eigenvalue weighted by molar-refractivity contribution is 5.92. The summed E-state index contributed by atoms with van der Waals surface area (Å²) in [5, 5.41) is 0. The van der Waals surface area contributed by atoms with Crippen LogP contribution in [0.3, 0.4) is 0 Å². The maximum Gasteiger partial charge on any atom is 0.336 e. The van der Waals surface area contributed by atoms with Crippen LogP contribution in [0.2, 0.25) is 0 Å². The predicted octanol–water partition coefficient (Wildman–Crippen LogP) is 4.29. The van der Waals surface area contributed by atoms with Crippen LogP contribution >= 0.6 is 0 Å². The number of unbranched alkanes of at least 4 members (excludes halogenated alkanes) is 1. The van der Waals surface area contributed by atoms with Gasteiger partial charge in [-0.25, -0.2) is 9.36 Å². The van der Waals surface area contributed by atoms with E-state index in [2.05, 4.69) is 27.7 Å². The molecular weight excluding hydrogens is 378 g/mol. The fourth-order valence-corrected chi connectivity index (χ4v) is 4.87. The third-order valence-corrected chi connectivity index (χ3v) is 6.58. The summed E-state index contributed by atoms with van der Waals surface area (Å²) >= 11 is 0. The molecular formula is C24H37N3O3. The summed E-state index contributed by atoms with van der Waals surface area (Å²) in [5.41, 5.74) is 6.87. The number of fused-ring (bicyclic) bond motifs is 1. The Labute approximate surface area is 179 Å². The van der Waals surface area contributed by atoms with Crippen molar-refractivity contribution in [3.8, 4) is 5.75 Å². The number of nitrogens with zero attached hydrogens (tertiary/aromatic N) is 2. The van der Waals surface area contributed by atoms with Gasteiger partial charge in [0.1, 0.15) is 5.75 Å². The van der Waals surface area contributed by atoms with Gasteiger partial charge in [-0.3, -0.25) is 9.36 Å². The summed E-state index contributed by atoms with van der Waals surface area (Å²) in [6.07, 6.45) is 5.07. The van der Waals surface area contributed by atoms with E-state index in [9.17, 15) is 9.59 Å². The largest absolute Gasteiger partial charge is 0.494 e. The summed E-state index contributed by atoms with van der Waals surface area (Å²) in [7, 11) is 0. The SMILES string of the molecule is CCCCOc1ccc2c(c1)n(CCN)c(=O)n2C(=O)[C@@H]1C[C@H](C)CC[C@H]1C(C)C. The van der Waals surface area contributed by atoms with Crippen molar-refractivity contribution in [2.75, 3.05) is 13.2 Å². The number of carbonyl (C=O) groups is 1. The van der Waals surface area contributed by atoms with E-state index in [1.165, 1.54) is 4.57 Å². The smallest absolute Gasteiger partial charge is 0.336 e. The molecule has 1 heterocycles. The number of carbonyl (C=O) groups excluding carboxylic acids is 1. The van der Waals surface area contributed by atoms with Crippen molar-refractivity contribution in [1.29, 1.82) is 0 Å². The highest BCUT2D eigenvalue weighted by Gasteiger charge is 2.37. The average molecular weight is 416 g/mol. The Balaban J connectivity index is 2.05. The van der Waals surface area contributed by atoms with E-state index in [0.717, 1.165) is 43.4 Å². The number of benzene rings is 1. The third kappa shape index (κ3) is 4.48. The molecule has 0 radical (unpaired) electrons. The Hall–Kier alpha value is -2.08. The van der Waals surface area contributed by atoms with E-state index in [-0.39, 0.29) is 17.5 Å². The van der Waals surface area contributed by atoms with E-state index in [0.29, 0.717) is 43.0 Å². The molecule has 0 bridgehead atoms. The van der Waals surface area contributed by atoms with E-state index in [1.54, 1.807) is 4.57 Å². The lowest BCUT2D eigenvalue weighted by molar-refractivity contribution is 0.0633. The first-order valence-electron chi connectivity index (χ1n) is 11.5. The second-order valence-electron chi connectivity index (χ2n) is 9.18. The molecule has 30 heavy (non-hydrogen) atoms. The topological polar surface area (TPSA) is 79.2 Å². The monoisotopic (exact) mass is 415 g/mol. The molecule has 0 saturated heterocycles. The zero-order valence-electron chi connectivity index (χ0n) is 18.9. The molecule has 0 spiro atoms. The summed E-state index contributed by atoms with van der Waals surface area (Å²) in [5.74, 6) is 1.76. The van der Waals surface area contributed by atoms with Crippen molar-refractivity contribution in [1.82, 2.24) is 9.13 Å². The van der Waals surface area contributed by atoms with Crippen molar-refractivity contribution in [3.05, 3.63) is 28.7 Å². The molecule has 1 aliphatic rings. The van der Waals surface area contributed by atoms with Crippen LogP contribution in [0.15, 0.2) is 23.0 Å². The minimum Gasteiger partial charge on any atom is -0.494 e. The van der Waals surface area contributed by atoms with Crippen LogP contribution in [0.1, 0.15) is 64.6 Å². The first-order chi connectivity index (χ1) is 14.4. The van der Waals surface area contributed by atoms with Gasteiger partial charge in [0.05, 0.1) is 17.6 Å². The second-order valence-corrected chi connectivity index (χ2v) is 9.18. The first kappa shape index (κ1) is 22.6. The van der Waals surface area contributed by atoms with Gasteiger partial charge in [0, 0.05) is 25.1 Å². The van der Waals surface area contributed by atoms with Gasteiger partial charge < -0.3 is 10.5 Å². The fraction of sp³-hybridized carbons (Fsp3) is 0.667. The van der Waals surface area contributed by atoms with E-state index < -0.39 is 0 Å². The molecule has 6 heteroatoms. The van der Waals surface area contributed by atoms with Crippen LogP contribution in [-0.2, 0) is 6.54 Å². The number of hydrogen-bond acceptors (Lipinski definition) is 4. The molecule has 1 fully saturated rings.